The van der Waals surface area contributed by atoms with Crippen molar-refractivity contribution in [2.45, 2.75) is 4.90 Å². The number of nitrogens with zero attached hydrogens (tertiary/aromatic N) is 1. The van der Waals surface area contributed by atoms with Crippen molar-refractivity contribution in [3.63, 3.8) is 0 Å². The van der Waals surface area contributed by atoms with Crippen LogP contribution in [0.4, 0.5) is 0 Å². The monoisotopic (exact) mass is 310 g/mol. The average molecular weight is 310 g/mol. The van der Waals surface area contributed by atoms with Gasteiger partial charge in [0, 0.05) is 0 Å². The summed E-state index contributed by atoms with van der Waals surface area (Å²) >= 11 is 0. The summed E-state index contributed by atoms with van der Waals surface area (Å²) in [4.78, 5) is 2.40. The van der Waals surface area contributed by atoms with Crippen molar-refractivity contribution in [1.82, 2.24) is 4.83 Å². The average Bonchev–Trinajstić information content (AvgIpc) is 2.55. The second-order valence-electron chi connectivity index (χ2n) is 4.77. The first-order valence-corrected chi connectivity index (χ1v) is 8.22. The van der Waals surface area contributed by atoms with E-state index >= 15 is 0 Å². The van der Waals surface area contributed by atoms with Gasteiger partial charge in [-0.3, -0.25) is 0 Å². The molecule has 0 spiro atoms. The van der Waals surface area contributed by atoms with E-state index in [0.29, 0.717) is 0 Å². The van der Waals surface area contributed by atoms with Gasteiger partial charge in [-0.2, -0.15) is 13.5 Å². The van der Waals surface area contributed by atoms with Crippen LogP contribution >= 0.6 is 0 Å². The molecule has 0 atom stereocenters. The zero-order chi connectivity index (χ0) is 15.4. The van der Waals surface area contributed by atoms with E-state index in [1.54, 1.807) is 18.2 Å². The molecule has 0 aliphatic carbocycles. The van der Waals surface area contributed by atoms with Crippen molar-refractivity contribution in [2.24, 2.45) is 5.10 Å². The molecule has 0 saturated heterocycles. The van der Waals surface area contributed by atoms with Gasteiger partial charge >= 0.3 is 0 Å². The molecule has 0 bridgehead atoms. The quantitative estimate of drug-likeness (QED) is 0.594. The molecule has 0 saturated carbocycles. The Balaban J connectivity index is 1.79. The minimum absolute atomic E-state index is 0.186. The zero-order valence-electron chi connectivity index (χ0n) is 11.7. The van der Waals surface area contributed by atoms with Crippen LogP contribution in [0.3, 0.4) is 0 Å². The Morgan fingerprint density at radius 2 is 1.50 bits per heavy atom. The molecule has 0 amide bonds. The summed E-state index contributed by atoms with van der Waals surface area (Å²) in [5.74, 6) is 0. The molecule has 22 heavy (non-hydrogen) atoms. The van der Waals surface area contributed by atoms with Crippen LogP contribution in [-0.2, 0) is 10.0 Å². The summed E-state index contributed by atoms with van der Waals surface area (Å²) < 4.78 is 24.0. The first kappa shape index (κ1) is 14.3. The number of sulfonamides is 1. The van der Waals surface area contributed by atoms with E-state index in [4.69, 9.17) is 0 Å². The lowest BCUT2D eigenvalue weighted by Gasteiger charge is -2.03. The first-order chi connectivity index (χ1) is 10.6. The third-order valence-corrected chi connectivity index (χ3v) is 4.45. The van der Waals surface area contributed by atoms with Crippen LogP contribution in [-0.4, -0.2) is 14.6 Å². The van der Waals surface area contributed by atoms with Gasteiger partial charge in [0.2, 0.25) is 0 Å². The second-order valence-corrected chi connectivity index (χ2v) is 6.43. The third kappa shape index (κ3) is 3.15. The van der Waals surface area contributed by atoms with Crippen molar-refractivity contribution < 1.29 is 8.42 Å². The second kappa shape index (κ2) is 5.99. The number of hydrogen-bond donors (Lipinski definition) is 1. The third-order valence-electron chi connectivity index (χ3n) is 3.21. The highest BCUT2D eigenvalue weighted by Crippen LogP contribution is 2.14. The van der Waals surface area contributed by atoms with Gasteiger partial charge in [-0.05, 0) is 34.5 Å². The molecule has 0 heterocycles. The van der Waals surface area contributed by atoms with E-state index in [1.165, 1.54) is 18.3 Å². The Bertz CT molecular complexity index is 920. The van der Waals surface area contributed by atoms with Crippen molar-refractivity contribution in [1.29, 1.82) is 0 Å². The SMILES string of the molecule is O=S(=O)(NN=Cc1ccc2ccccc2c1)c1ccccc1. The lowest BCUT2D eigenvalue weighted by Crippen LogP contribution is -2.18. The highest BCUT2D eigenvalue weighted by Gasteiger charge is 2.10. The summed E-state index contributed by atoms with van der Waals surface area (Å²) in [6, 6.07) is 21.9. The van der Waals surface area contributed by atoms with Crippen molar-refractivity contribution in [2.75, 3.05) is 0 Å². The Hall–Kier alpha value is -2.66. The van der Waals surface area contributed by atoms with Gasteiger partial charge in [0.1, 0.15) is 0 Å². The maximum Gasteiger partial charge on any atom is 0.276 e. The first-order valence-electron chi connectivity index (χ1n) is 6.74. The molecule has 3 aromatic carbocycles. The Morgan fingerprint density at radius 3 is 2.27 bits per heavy atom. The van der Waals surface area contributed by atoms with Crippen molar-refractivity contribution in [3.8, 4) is 0 Å². The van der Waals surface area contributed by atoms with Crippen molar-refractivity contribution >= 4 is 27.0 Å². The largest absolute Gasteiger partial charge is 0.276 e. The van der Waals surface area contributed by atoms with Crippen LogP contribution in [0.5, 0.6) is 0 Å². The Morgan fingerprint density at radius 1 is 0.818 bits per heavy atom. The van der Waals surface area contributed by atoms with Gasteiger partial charge in [0.15, 0.2) is 0 Å². The van der Waals surface area contributed by atoms with Crippen LogP contribution in [0.25, 0.3) is 10.8 Å². The van der Waals surface area contributed by atoms with E-state index in [2.05, 4.69) is 9.93 Å². The van der Waals surface area contributed by atoms with Crippen LogP contribution < -0.4 is 4.83 Å². The van der Waals surface area contributed by atoms with Crippen LogP contribution in [0, 0.1) is 0 Å². The molecule has 0 aliphatic heterocycles. The molecular weight excluding hydrogens is 296 g/mol. The summed E-state index contributed by atoms with van der Waals surface area (Å²) in [5, 5.41) is 6.04. The smallest absolute Gasteiger partial charge is 0.200 e. The number of hydrazone groups is 1. The molecular formula is C17H14N2O2S. The van der Waals surface area contributed by atoms with Gasteiger partial charge in [0.25, 0.3) is 10.0 Å². The molecule has 3 aromatic rings. The van der Waals surface area contributed by atoms with Crippen molar-refractivity contribution in [3.05, 3.63) is 78.4 Å². The van der Waals surface area contributed by atoms with Crippen LogP contribution in [0.1, 0.15) is 5.56 Å². The fourth-order valence-corrected chi connectivity index (χ4v) is 2.92. The van der Waals surface area contributed by atoms with Gasteiger partial charge < -0.3 is 0 Å². The summed E-state index contributed by atoms with van der Waals surface area (Å²) in [7, 11) is -3.62. The highest BCUT2D eigenvalue weighted by atomic mass is 32.2. The van der Waals surface area contributed by atoms with E-state index in [1.807, 2.05) is 42.5 Å². The normalized spacial score (nSPS) is 11.8. The number of hydrogen-bond acceptors (Lipinski definition) is 3. The molecule has 0 radical (unpaired) electrons. The maximum absolute atomic E-state index is 12.0. The number of fused-ring (bicyclic) bond motifs is 1. The van der Waals surface area contributed by atoms with Gasteiger partial charge in [0.05, 0.1) is 11.1 Å². The lowest BCUT2D eigenvalue weighted by molar-refractivity contribution is 0.584. The Kier molecular flexibility index (Phi) is 3.89. The van der Waals surface area contributed by atoms with E-state index in [9.17, 15) is 8.42 Å². The molecule has 0 aromatic heterocycles. The Labute approximate surface area is 129 Å². The number of benzene rings is 3. The standard InChI is InChI=1S/C17H14N2O2S/c20-22(21,17-8-2-1-3-9-17)19-18-13-14-10-11-15-6-4-5-7-16(15)12-14/h1-13,19H. The summed E-state index contributed by atoms with van der Waals surface area (Å²) in [6.45, 7) is 0. The zero-order valence-corrected chi connectivity index (χ0v) is 12.5. The topological polar surface area (TPSA) is 58.5 Å². The van der Waals surface area contributed by atoms with E-state index in [0.717, 1.165) is 16.3 Å². The molecule has 3 rings (SSSR count). The van der Waals surface area contributed by atoms with E-state index < -0.39 is 10.0 Å². The molecule has 5 heteroatoms. The van der Waals surface area contributed by atoms with Gasteiger partial charge in [-0.1, -0.05) is 54.6 Å². The predicted octanol–water partition coefficient (Wildman–Crippen LogP) is 3.15. The maximum atomic E-state index is 12.0. The summed E-state index contributed by atoms with van der Waals surface area (Å²) in [5.41, 5.74) is 0.828. The molecule has 0 aliphatic rings. The predicted molar refractivity (Wildman–Crippen MR) is 88.3 cm³/mol. The minimum atomic E-state index is -3.62. The molecule has 110 valence electrons. The minimum Gasteiger partial charge on any atom is -0.200 e. The number of rotatable bonds is 4. The summed E-state index contributed by atoms with van der Waals surface area (Å²) in [6.07, 6.45) is 1.49. The lowest BCUT2D eigenvalue weighted by atomic mass is 10.1. The van der Waals surface area contributed by atoms with Gasteiger partial charge in [-0.25, -0.2) is 4.83 Å². The highest BCUT2D eigenvalue weighted by molar-refractivity contribution is 7.89. The fourth-order valence-electron chi connectivity index (χ4n) is 2.11. The molecule has 1 N–H and O–H groups in total. The number of nitrogens with one attached hydrogen (secondary N) is 1. The van der Waals surface area contributed by atoms with E-state index in [-0.39, 0.29) is 4.90 Å². The molecule has 4 nitrogen and oxygen atoms in total. The fraction of sp³-hybridized carbons (Fsp3) is 0. The molecule has 0 fully saturated rings. The van der Waals surface area contributed by atoms with Crippen LogP contribution in [0.15, 0.2) is 82.8 Å². The van der Waals surface area contributed by atoms with Gasteiger partial charge in [-0.15, -0.1) is 0 Å². The van der Waals surface area contributed by atoms with Crippen LogP contribution in [0.2, 0.25) is 0 Å². The molecule has 0 unspecified atom stereocenters.